The summed E-state index contributed by atoms with van der Waals surface area (Å²) >= 11 is 0. The van der Waals surface area contributed by atoms with Crippen molar-refractivity contribution in [1.29, 1.82) is 0 Å². The number of rotatable bonds is 5. The number of hydrogen-bond acceptors (Lipinski definition) is 5. The number of anilines is 3. The molecular weight excluding hydrogens is 361 g/mol. The zero-order chi connectivity index (χ0) is 19.4. The molecule has 0 atom stereocenters. The maximum Gasteiger partial charge on any atom is 0.416 e. The molecule has 9 heteroatoms. The molecule has 0 aliphatic rings. The average Bonchev–Trinajstić information content (AvgIpc) is 3.10. The minimum absolute atomic E-state index is 0.0979. The third-order valence-electron chi connectivity index (χ3n) is 3.49. The second kappa shape index (κ2) is 7.32. The number of hydrogen-bond donors (Lipinski definition) is 2. The van der Waals surface area contributed by atoms with Crippen LogP contribution in [0.3, 0.4) is 0 Å². The van der Waals surface area contributed by atoms with E-state index in [0.717, 1.165) is 18.2 Å². The zero-order valence-corrected chi connectivity index (χ0v) is 13.7. The Morgan fingerprint density at radius 3 is 2.44 bits per heavy atom. The Morgan fingerprint density at radius 2 is 1.78 bits per heavy atom. The first-order chi connectivity index (χ1) is 12.9. The molecule has 0 saturated carbocycles. The van der Waals surface area contributed by atoms with Crippen LogP contribution >= 0.6 is 0 Å². The van der Waals surface area contributed by atoms with Crippen molar-refractivity contribution in [3.8, 4) is 11.5 Å². The Balaban J connectivity index is 1.84. The number of alkyl halides is 3. The van der Waals surface area contributed by atoms with Gasteiger partial charge < -0.3 is 9.73 Å². The van der Waals surface area contributed by atoms with E-state index in [1.807, 2.05) is 0 Å². The Bertz CT molecular complexity index is 965. The third kappa shape index (κ3) is 4.32. The van der Waals surface area contributed by atoms with Crippen LogP contribution in [-0.4, -0.2) is 16.1 Å². The van der Waals surface area contributed by atoms with Gasteiger partial charge in [-0.2, -0.15) is 13.2 Å². The van der Waals surface area contributed by atoms with Crippen LogP contribution in [0.25, 0.3) is 11.5 Å². The zero-order valence-electron chi connectivity index (χ0n) is 13.7. The van der Waals surface area contributed by atoms with E-state index in [1.165, 1.54) is 12.1 Å². The van der Waals surface area contributed by atoms with Crippen LogP contribution in [-0.2, 0) is 11.0 Å². The minimum atomic E-state index is -4.40. The first-order valence-electron chi connectivity index (χ1n) is 7.67. The lowest BCUT2D eigenvalue weighted by molar-refractivity contribution is -0.137. The normalized spacial score (nSPS) is 11.1. The number of nitrogens with one attached hydrogen (secondary N) is 2. The van der Waals surface area contributed by atoms with E-state index in [9.17, 15) is 18.0 Å². The summed E-state index contributed by atoms with van der Waals surface area (Å²) in [6, 6.07) is 11.4. The van der Waals surface area contributed by atoms with Crippen molar-refractivity contribution in [3.63, 3.8) is 0 Å². The second-order valence-electron chi connectivity index (χ2n) is 5.35. The fraction of sp³-hybridized carbons (Fsp3) is 0.0556. The Kier molecular flexibility index (Phi) is 4.93. The monoisotopic (exact) mass is 374 g/mol. The van der Waals surface area contributed by atoms with Crippen LogP contribution in [0.2, 0.25) is 0 Å². The molecule has 0 bridgehead atoms. The molecule has 0 aliphatic carbocycles. The third-order valence-corrected chi connectivity index (χ3v) is 3.49. The van der Waals surface area contributed by atoms with Crippen molar-refractivity contribution < 1.29 is 22.4 Å². The van der Waals surface area contributed by atoms with Crippen LogP contribution in [0.1, 0.15) is 5.56 Å². The summed E-state index contributed by atoms with van der Waals surface area (Å²) in [5.74, 6) is -0.370. The average molecular weight is 374 g/mol. The van der Waals surface area contributed by atoms with Gasteiger partial charge in [-0.1, -0.05) is 23.8 Å². The molecule has 1 amide bonds. The number of halogens is 3. The van der Waals surface area contributed by atoms with Crippen LogP contribution in [0.15, 0.2) is 65.6 Å². The summed E-state index contributed by atoms with van der Waals surface area (Å²) in [7, 11) is 0. The predicted octanol–water partition coefficient (Wildman–Crippen LogP) is 4.62. The van der Waals surface area contributed by atoms with Crippen LogP contribution < -0.4 is 10.6 Å². The molecule has 0 unspecified atom stereocenters. The van der Waals surface area contributed by atoms with Gasteiger partial charge >= 0.3 is 12.2 Å². The summed E-state index contributed by atoms with van der Waals surface area (Å²) in [5, 5.41) is 12.9. The molecule has 2 aromatic carbocycles. The molecule has 0 saturated heterocycles. The van der Waals surface area contributed by atoms with Crippen molar-refractivity contribution in [1.82, 2.24) is 10.2 Å². The van der Waals surface area contributed by atoms with Gasteiger partial charge in [0.15, 0.2) is 0 Å². The van der Waals surface area contributed by atoms with Gasteiger partial charge in [-0.3, -0.25) is 10.1 Å². The Morgan fingerprint density at radius 1 is 1.07 bits per heavy atom. The lowest BCUT2D eigenvalue weighted by atomic mass is 10.1. The number of amides is 1. The standard InChI is InChI=1S/C18H13F3N4O2/c1-2-15(26)23-17-25-24-16(27-17)13-5-3-4-6-14(13)22-12-9-7-11(8-10-12)18(19,20)21/h2-10,22H,1H2,(H,23,25,26). The fourth-order valence-corrected chi connectivity index (χ4v) is 2.22. The van der Waals surface area contributed by atoms with Crippen molar-refractivity contribution in [2.45, 2.75) is 6.18 Å². The number of para-hydroxylation sites is 1. The van der Waals surface area contributed by atoms with Crippen LogP contribution in [0, 0.1) is 0 Å². The smallest absolute Gasteiger partial charge is 0.403 e. The number of aromatic nitrogens is 2. The van der Waals surface area contributed by atoms with Crippen molar-refractivity contribution in [2.24, 2.45) is 0 Å². The molecule has 138 valence electrons. The molecule has 2 N–H and O–H groups in total. The number of nitrogens with zero attached hydrogens (tertiary/aromatic N) is 2. The molecular formula is C18H13F3N4O2. The Hall–Kier alpha value is -3.62. The van der Waals surface area contributed by atoms with Gasteiger partial charge in [0.05, 0.1) is 16.8 Å². The molecule has 0 aliphatic heterocycles. The van der Waals surface area contributed by atoms with E-state index in [1.54, 1.807) is 24.3 Å². The first kappa shape index (κ1) is 18.2. The van der Waals surface area contributed by atoms with E-state index in [2.05, 4.69) is 27.4 Å². The van der Waals surface area contributed by atoms with Crippen molar-refractivity contribution in [2.75, 3.05) is 10.6 Å². The largest absolute Gasteiger partial charge is 0.416 e. The molecule has 3 aromatic rings. The number of benzene rings is 2. The van der Waals surface area contributed by atoms with Crippen molar-refractivity contribution in [3.05, 3.63) is 66.7 Å². The molecule has 3 rings (SSSR count). The van der Waals surface area contributed by atoms with E-state index < -0.39 is 17.6 Å². The van der Waals surface area contributed by atoms with Gasteiger partial charge in [-0.05, 0) is 42.5 Å². The van der Waals surface area contributed by atoms with Gasteiger partial charge in [-0.15, -0.1) is 5.10 Å². The minimum Gasteiger partial charge on any atom is -0.403 e. The molecule has 1 heterocycles. The first-order valence-corrected chi connectivity index (χ1v) is 7.67. The molecule has 0 spiro atoms. The lowest BCUT2D eigenvalue weighted by Gasteiger charge is -2.11. The quantitative estimate of drug-likeness (QED) is 0.637. The second-order valence-corrected chi connectivity index (χ2v) is 5.35. The van der Waals surface area contributed by atoms with Gasteiger partial charge in [0, 0.05) is 5.69 Å². The van der Waals surface area contributed by atoms with Crippen LogP contribution in [0.5, 0.6) is 0 Å². The molecule has 6 nitrogen and oxygen atoms in total. The van der Waals surface area contributed by atoms with Crippen molar-refractivity contribution >= 4 is 23.3 Å². The maximum atomic E-state index is 12.7. The number of carbonyl (C=O) groups is 1. The van der Waals surface area contributed by atoms with E-state index in [0.29, 0.717) is 16.9 Å². The summed E-state index contributed by atoms with van der Waals surface area (Å²) in [5.41, 5.74) is 0.780. The van der Waals surface area contributed by atoms with Gasteiger partial charge in [0.2, 0.25) is 0 Å². The summed E-state index contributed by atoms with van der Waals surface area (Å²) in [6.07, 6.45) is -3.34. The molecule has 0 fully saturated rings. The van der Waals surface area contributed by atoms with E-state index >= 15 is 0 Å². The highest BCUT2D eigenvalue weighted by atomic mass is 19.4. The van der Waals surface area contributed by atoms with Gasteiger partial charge in [0.25, 0.3) is 11.8 Å². The molecule has 1 aromatic heterocycles. The van der Waals surface area contributed by atoms with E-state index in [-0.39, 0.29) is 11.9 Å². The highest BCUT2D eigenvalue weighted by molar-refractivity contribution is 5.97. The lowest BCUT2D eigenvalue weighted by Crippen LogP contribution is -2.07. The summed E-state index contributed by atoms with van der Waals surface area (Å²) in [6.45, 7) is 3.32. The van der Waals surface area contributed by atoms with Crippen LogP contribution in [0.4, 0.5) is 30.6 Å². The molecule has 27 heavy (non-hydrogen) atoms. The van der Waals surface area contributed by atoms with E-state index in [4.69, 9.17) is 4.42 Å². The topological polar surface area (TPSA) is 80.0 Å². The highest BCUT2D eigenvalue weighted by Gasteiger charge is 2.29. The summed E-state index contributed by atoms with van der Waals surface area (Å²) < 4.78 is 43.4. The maximum absolute atomic E-state index is 12.7. The predicted molar refractivity (Wildman–Crippen MR) is 93.3 cm³/mol. The fourth-order valence-electron chi connectivity index (χ4n) is 2.22. The molecule has 0 radical (unpaired) electrons. The Labute approximate surface area is 151 Å². The van der Waals surface area contributed by atoms with Gasteiger partial charge in [0.1, 0.15) is 0 Å². The number of carbonyl (C=O) groups excluding carboxylic acids is 1. The highest BCUT2D eigenvalue weighted by Crippen LogP contribution is 2.32. The SMILES string of the molecule is C=CC(=O)Nc1nnc(-c2ccccc2Nc2ccc(C(F)(F)F)cc2)o1. The summed E-state index contributed by atoms with van der Waals surface area (Å²) in [4.78, 5) is 11.3. The van der Waals surface area contributed by atoms with Gasteiger partial charge in [-0.25, -0.2) is 0 Å².